The summed E-state index contributed by atoms with van der Waals surface area (Å²) in [6, 6.07) is 3.35. The summed E-state index contributed by atoms with van der Waals surface area (Å²) in [5.74, 6) is 0. The molecule has 0 atom stereocenters. The van der Waals surface area contributed by atoms with Gasteiger partial charge < -0.3 is 0 Å². The van der Waals surface area contributed by atoms with Crippen molar-refractivity contribution in [1.29, 1.82) is 5.26 Å². The van der Waals surface area contributed by atoms with Crippen LogP contribution in [-0.4, -0.2) is 0 Å². The summed E-state index contributed by atoms with van der Waals surface area (Å²) in [6.07, 6.45) is 0. The lowest BCUT2D eigenvalue weighted by Gasteiger charge is -2.40. The van der Waals surface area contributed by atoms with Crippen LogP contribution in [0.1, 0.15) is 5.56 Å². The smallest absolute Gasteiger partial charge is 0.192 e. The molecule has 0 aliphatic rings. The molecule has 0 bridgehead atoms. The Kier molecular flexibility index (Phi) is 1.70. The van der Waals surface area contributed by atoms with Crippen molar-refractivity contribution in [3.05, 3.63) is 29.8 Å². The van der Waals surface area contributed by atoms with E-state index in [0.29, 0.717) is 12.1 Å². The molecular weight excluding hydrogens is 225 g/mol. The second-order valence-electron chi connectivity index (χ2n) is 2.61. The molecule has 7 heteroatoms. The Morgan fingerprint density at radius 2 is 1.36 bits per heavy atom. The highest BCUT2D eigenvalue weighted by Crippen LogP contribution is 3.02. The average Bonchev–Trinajstić information content (AvgIpc) is 2.01. The minimum Gasteiger partial charge on any atom is -0.192 e. The minimum absolute atomic E-state index is 0.101. The average molecular weight is 229 g/mol. The summed E-state index contributed by atoms with van der Waals surface area (Å²) in [5, 5.41) is 8.25. The maximum atomic E-state index is 12.1. The van der Waals surface area contributed by atoms with E-state index < -0.39 is 15.1 Å². The molecule has 0 aliphatic heterocycles. The van der Waals surface area contributed by atoms with Gasteiger partial charge in [0.05, 0.1) is 11.6 Å². The minimum atomic E-state index is -9.58. The lowest BCUT2D eigenvalue weighted by Crippen LogP contribution is -2.05. The van der Waals surface area contributed by atoms with Crippen LogP contribution in [0.25, 0.3) is 0 Å². The molecule has 0 fully saturated rings. The Bertz CT molecular complexity index is 398. The van der Waals surface area contributed by atoms with Gasteiger partial charge in [0.2, 0.25) is 0 Å². The predicted octanol–water partition coefficient (Wildman–Crippen LogP) is 4.22. The first-order valence-corrected chi connectivity index (χ1v) is 5.22. The molecule has 0 saturated heterocycles. The number of hydrogen-bond acceptors (Lipinski definition) is 1. The third-order valence-corrected chi connectivity index (χ3v) is 2.59. The summed E-state index contributed by atoms with van der Waals surface area (Å²) in [7, 11) is -9.58. The number of nitriles is 1. The topological polar surface area (TPSA) is 23.8 Å². The van der Waals surface area contributed by atoms with Crippen molar-refractivity contribution in [2.24, 2.45) is 0 Å². The van der Waals surface area contributed by atoms with Gasteiger partial charge in [0.25, 0.3) is 0 Å². The van der Waals surface area contributed by atoms with Crippen molar-refractivity contribution >= 4 is 10.2 Å². The zero-order chi connectivity index (χ0) is 11.1. The fourth-order valence-electron chi connectivity index (χ4n) is 0.787. The van der Waals surface area contributed by atoms with Gasteiger partial charge in [-0.15, -0.1) is 0 Å². The first-order valence-electron chi connectivity index (χ1n) is 3.27. The summed E-state index contributed by atoms with van der Waals surface area (Å²) in [4.78, 5) is -1.98. The van der Waals surface area contributed by atoms with E-state index >= 15 is 0 Å². The molecule has 1 rings (SSSR count). The number of nitrogens with zero attached hydrogens (tertiary/aromatic N) is 1. The number of halogens is 5. The molecule has 0 radical (unpaired) electrons. The van der Waals surface area contributed by atoms with Gasteiger partial charge in [-0.05, 0) is 24.3 Å². The normalized spacial score (nSPS) is 16.6. The van der Waals surface area contributed by atoms with Crippen molar-refractivity contribution in [1.82, 2.24) is 0 Å². The standard InChI is InChI=1S/C7H4F5NS/c8-14(9,10,11,12)7-3-1-6(5-13)2-4-7/h1-4H. The molecule has 1 nitrogen and oxygen atoms in total. The first kappa shape index (κ1) is 10.8. The lowest BCUT2D eigenvalue weighted by molar-refractivity contribution is 0.364. The van der Waals surface area contributed by atoms with Gasteiger partial charge in [0.15, 0.2) is 0 Å². The van der Waals surface area contributed by atoms with Crippen LogP contribution in [0.5, 0.6) is 0 Å². The third-order valence-electron chi connectivity index (χ3n) is 1.43. The van der Waals surface area contributed by atoms with Crippen LogP contribution in [0.4, 0.5) is 19.4 Å². The van der Waals surface area contributed by atoms with Crippen LogP contribution < -0.4 is 0 Å². The Hall–Kier alpha value is -1.29. The van der Waals surface area contributed by atoms with E-state index in [2.05, 4.69) is 0 Å². The van der Waals surface area contributed by atoms with Gasteiger partial charge in [-0.3, -0.25) is 0 Å². The lowest BCUT2D eigenvalue weighted by atomic mass is 10.2. The maximum absolute atomic E-state index is 12.1. The Labute approximate surface area is 76.5 Å². The molecule has 0 spiro atoms. The van der Waals surface area contributed by atoms with E-state index in [-0.39, 0.29) is 17.7 Å². The van der Waals surface area contributed by atoms with E-state index in [1.165, 1.54) is 6.07 Å². The quantitative estimate of drug-likeness (QED) is 0.661. The molecule has 0 unspecified atom stereocenters. The molecule has 0 heterocycles. The largest absolute Gasteiger partial charge is 0.310 e. The molecule has 1 aromatic carbocycles. The number of benzene rings is 1. The van der Waals surface area contributed by atoms with E-state index in [4.69, 9.17) is 5.26 Å². The van der Waals surface area contributed by atoms with Crippen LogP contribution in [-0.2, 0) is 0 Å². The molecule has 0 aromatic heterocycles. The zero-order valence-electron chi connectivity index (χ0n) is 6.55. The molecule has 0 saturated carbocycles. The van der Waals surface area contributed by atoms with Gasteiger partial charge in [0, 0.05) is 0 Å². The molecule has 14 heavy (non-hydrogen) atoms. The van der Waals surface area contributed by atoms with Crippen LogP contribution in [0.15, 0.2) is 29.2 Å². The van der Waals surface area contributed by atoms with Gasteiger partial charge in [-0.2, -0.15) is 5.26 Å². The number of rotatable bonds is 1. The fourth-order valence-corrected chi connectivity index (χ4v) is 1.44. The molecule has 1 aromatic rings. The highest BCUT2D eigenvalue weighted by Gasteiger charge is 2.65. The fraction of sp³-hybridized carbons (Fsp3) is 0. The van der Waals surface area contributed by atoms with Crippen molar-refractivity contribution < 1.29 is 19.4 Å². The summed E-state index contributed by atoms with van der Waals surface area (Å²) in [5.41, 5.74) is -0.101. The SMILES string of the molecule is N#Cc1ccc(S(F)(F)(F)(F)F)cc1. The van der Waals surface area contributed by atoms with Gasteiger partial charge >= 0.3 is 10.2 Å². The van der Waals surface area contributed by atoms with Crippen LogP contribution in [0, 0.1) is 11.3 Å². The number of hydrogen-bond donors (Lipinski definition) is 0. The monoisotopic (exact) mass is 229 g/mol. The molecule has 0 aliphatic carbocycles. The van der Waals surface area contributed by atoms with Crippen molar-refractivity contribution in [2.75, 3.05) is 0 Å². The Balaban J connectivity index is 3.33. The van der Waals surface area contributed by atoms with Crippen LogP contribution in [0.2, 0.25) is 0 Å². The van der Waals surface area contributed by atoms with E-state index in [0.717, 1.165) is 0 Å². The highest BCUT2D eigenvalue weighted by atomic mass is 32.5. The first-order chi connectivity index (χ1) is 6.03. The molecular formula is C7H4F5NS. The second kappa shape index (κ2) is 2.20. The van der Waals surface area contributed by atoms with Crippen LogP contribution in [0.3, 0.4) is 0 Å². The highest BCUT2D eigenvalue weighted by molar-refractivity contribution is 8.45. The van der Waals surface area contributed by atoms with Gasteiger partial charge in [0.1, 0.15) is 4.90 Å². The van der Waals surface area contributed by atoms with Crippen molar-refractivity contribution in [3.63, 3.8) is 0 Å². The maximum Gasteiger partial charge on any atom is 0.310 e. The van der Waals surface area contributed by atoms with E-state index in [9.17, 15) is 19.4 Å². The molecule has 0 N–H and O–H groups in total. The van der Waals surface area contributed by atoms with Gasteiger partial charge in [-0.25, -0.2) is 0 Å². The van der Waals surface area contributed by atoms with Crippen molar-refractivity contribution in [3.8, 4) is 6.07 Å². The Morgan fingerprint density at radius 1 is 0.929 bits per heavy atom. The summed E-state index contributed by atoms with van der Waals surface area (Å²) >= 11 is 0. The van der Waals surface area contributed by atoms with E-state index in [1.807, 2.05) is 0 Å². The predicted molar refractivity (Wildman–Crippen MR) is 42.6 cm³/mol. The summed E-state index contributed by atoms with van der Waals surface area (Å²) < 4.78 is 60.5. The summed E-state index contributed by atoms with van der Waals surface area (Å²) in [6.45, 7) is 0. The third kappa shape index (κ3) is 2.35. The van der Waals surface area contributed by atoms with E-state index in [1.54, 1.807) is 0 Å². The second-order valence-corrected chi connectivity index (χ2v) is 5.01. The zero-order valence-corrected chi connectivity index (χ0v) is 7.37. The van der Waals surface area contributed by atoms with Crippen molar-refractivity contribution in [2.45, 2.75) is 4.90 Å². The molecule has 78 valence electrons. The van der Waals surface area contributed by atoms with Crippen LogP contribution >= 0.6 is 10.2 Å². The Morgan fingerprint density at radius 3 is 1.64 bits per heavy atom. The molecule has 0 amide bonds. The van der Waals surface area contributed by atoms with Gasteiger partial charge in [-0.1, -0.05) is 19.4 Å².